The Balaban J connectivity index is 1.71. The summed E-state index contributed by atoms with van der Waals surface area (Å²) in [5.41, 5.74) is 5.91. The topological polar surface area (TPSA) is 49.8 Å². The summed E-state index contributed by atoms with van der Waals surface area (Å²) in [6.07, 6.45) is 1.76. The van der Waals surface area contributed by atoms with Gasteiger partial charge in [0.25, 0.3) is 0 Å². The van der Waals surface area contributed by atoms with Crippen molar-refractivity contribution in [3.8, 4) is 0 Å². The highest BCUT2D eigenvalue weighted by Gasteiger charge is 2.05. The van der Waals surface area contributed by atoms with Crippen LogP contribution in [0.3, 0.4) is 0 Å². The van der Waals surface area contributed by atoms with Gasteiger partial charge in [0.2, 0.25) is 5.95 Å². The number of aromatic nitrogens is 2. The zero-order valence-electron chi connectivity index (χ0n) is 14.3. The number of anilines is 3. The molecule has 0 atom stereocenters. The maximum Gasteiger partial charge on any atom is 0.229 e. The number of nitrogens with zero attached hydrogens (tertiary/aromatic N) is 2. The quantitative estimate of drug-likeness (QED) is 0.712. The van der Waals surface area contributed by atoms with Crippen molar-refractivity contribution in [3.05, 3.63) is 77.0 Å². The van der Waals surface area contributed by atoms with Crippen LogP contribution in [0.1, 0.15) is 22.3 Å². The van der Waals surface area contributed by atoms with E-state index >= 15 is 0 Å². The van der Waals surface area contributed by atoms with Crippen molar-refractivity contribution < 1.29 is 0 Å². The van der Waals surface area contributed by atoms with Crippen molar-refractivity contribution in [3.63, 3.8) is 0 Å². The molecule has 0 unspecified atom stereocenters. The van der Waals surface area contributed by atoms with Gasteiger partial charge in [0.1, 0.15) is 5.82 Å². The molecule has 0 aliphatic heterocycles. The summed E-state index contributed by atoms with van der Waals surface area (Å²) in [6.45, 7) is 6.98. The van der Waals surface area contributed by atoms with Crippen LogP contribution in [0.25, 0.3) is 0 Å². The van der Waals surface area contributed by atoms with Crippen molar-refractivity contribution in [1.82, 2.24) is 9.97 Å². The fraction of sp³-hybridized carbons (Fsp3) is 0.200. The lowest BCUT2D eigenvalue weighted by Crippen LogP contribution is -2.05. The van der Waals surface area contributed by atoms with Gasteiger partial charge in [-0.3, -0.25) is 0 Å². The van der Waals surface area contributed by atoms with Crippen LogP contribution in [0.5, 0.6) is 0 Å². The number of para-hydroxylation sites is 1. The molecule has 0 saturated heterocycles. The van der Waals surface area contributed by atoms with E-state index in [4.69, 9.17) is 0 Å². The molecule has 0 aliphatic rings. The highest BCUT2D eigenvalue weighted by atomic mass is 15.1. The zero-order valence-corrected chi connectivity index (χ0v) is 14.3. The largest absolute Gasteiger partial charge is 0.366 e. The number of hydrogen-bond donors (Lipinski definition) is 2. The van der Waals surface area contributed by atoms with Gasteiger partial charge in [-0.25, -0.2) is 4.98 Å². The summed E-state index contributed by atoms with van der Waals surface area (Å²) in [4.78, 5) is 8.87. The fourth-order valence-corrected chi connectivity index (χ4v) is 2.54. The van der Waals surface area contributed by atoms with Crippen LogP contribution in [0.4, 0.5) is 17.5 Å². The summed E-state index contributed by atoms with van der Waals surface area (Å²) in [6, 6.07) is 16.6. The van der Waals surface area contributed by atoms with Crippen molar-refractivity contribution in [2.24, 2.45) is 0 Å². The molecule has 1 heterocycles. The minimum absolute atomic E-state index is 0.598. The standard InChI is InChI=1S/C20H22N4/c1-14-7-9-17(10-8-14)13-22-18-11-12-21-20(23-18)24-19-15(2)5-4-6-16(19)3/h4-12H,13H2,1-3H3,(H2,21,22,23,24). The molecule has 24 heavy (non-hydrogen) atoms. The molecule has 2 N–H and O–H groups in total. The van der Waals surface area contributed by atoms with Crippen LogP contribution < -0.4 is 10.6 Å². The van der Waals surface area contributed by atoms with Gasteiger partial charge in [0, 0.05) is 18.4 Å². The second-order valence-electron chi connectivity index (χ2n) is 6.00. The summed E-state index contributed by atoms with van der Waals surface area (Å²) in [5, 5.41) is 6.67. The Bertz CT molecular complexity index is 805. The minimum Gasteiger partial charge on any atom is -0.366 e. The van der Waals surface area contributed by atoms with Gasteiger partial charge in [-0.15, -0.1) is 0 Å². The van der Waals surface area contributed by atoms with Crippen LogP contribution in [0.15, 0.2) is 54.7 Å². The lowest BCUT2D eigenvalue weighted by atomic mass is 10.1. The lowest BCUT2D eigenvalue weighted by molar-refractivity contribution is 1.08. The number of hydrogen-bond acceptors (Lipinski definition) is 4. The van der Waals surface area contributed by atoms with E-state index in [0.717, 1.165) is 18.1 Å². The maximum atomic E-state index is 4.55. The highest BCUT2D eigenvalue weighted by molar-refractivity contribution is 5.63. The molecular weight excluding hydrogens is 296 g/mol. The summed E-state index contributed by atoms with van der Waals surface area (Å²) in [5.74, 6) is 1.40. The number of benzene rings is 2. The van der Waals surface area contributed by atoms with Crippen molar-refractivity contribution in [2.75, 3.05) is 10.6 Å². The van der Waals surface area contributed by atoms with Crippen LogP contribution in [0.2, 0.25) is 0 Å². The molecule has 0 aliphatic carbocycles. The number of aryl methyl sites for hydroxylation is 3. The van der Waals surface area contributed by atoms with Crippen molar-refractivity contribution in [2.45, 2.75) is 27.3 Å². The fourth-order valence-electron chi connectivity index (χ4n) is 2.54. The van der Waals surface area contributed by atoms with Gasteiger partial charge in [-0.05, 0) is 43.5 Å². The first-order valence-corrected chi connectivity index (χ1v) is 8.07. The van der Waals surface area contributed by atoms with Crippen LogP contribution in [0, 0.1) is 20.8 Å². The molecular formula is C20H22N4. The van der Waals surface area contributed by atoms with E-state index in [1.165, 1.54) is 22.3 Å². The lowest BCUT2D eigenvalue weighted by Gasteiger charge is -2.12. The average molecular weight is 318 g/mol. The molecule has 0 spiro atoms. The van der Waals surface area contributed by atoms with Crippen LogP contribution in [-0.4, -0.2) is 9.97 Å². The minimum atomic E-state index is 0.598. The molecule has 0 bridgehead atoms. The average Bonchev–Trinajstić information content (AvgIpc) is 2.58. The van der Waals surface area contributed by atoms with Gasteiger partial charge < -0.3 is 10.6 Å². The normalized spacial score (nSPS) is 10.5. The second kappa shape index (κ2) is 7.13. The van der Waals surface area contributed by atoms with E-state index in [0.29, 0.717) is 5.95 Å². The first-order chi connectivity index (χ1) is 11.6. The van der Waals surface area contributed by atoms with Crippen molar-refractivity contribution >= 4 is 17.5 Å². The Morgan fingerprint density at radius 2 is 1.58 bits per heavy atom. The molecule has 0 saturated carbocycles. The van der Waals surface area contributed by atoms with Crippen LogP contribution in [-0.2, 0) is 6.54 Å². The predicted molar refractivity (Wildman–Crippen MR) is 99.7 cm³/mol. The second-order valence-corrected chi connectivity index (χ2v) is 6.00. The Morgan fingerprint density at radius 1 is 0.875 bits per heavy atom. The number of rotatable bonds is 5. The van der Waals surface area contributed by atoms with E-state index in [2.05, 4.69) is 83.8 Å². The molecule has 0 amide bonds. The Morgan fingerprint density at radius 3 is 2.29 bits per heavy atom. The third-order valence-electron chi connectivity index (χ3n) is 3.97. The molecule has 2 aromatic carbocycles. The van der Waals surface area contributed by atoms with Gasteiger partial charge in [0.15, 0.2) is 0 Å². The Labute approximate surface area is 143 Å². The van der Waals surface area contributed by atoms with E-state index in [1.807, 2.05) is 6.07 Å². The SMILES string of the molecule is Cc1ccc(CNc2ccnc(Nc3c(C)cccc3C)n2)cc1. The summed E-state index contributed by atoms with van der Waals surface area (Å²) in [7, 11) is 0. The third kappa shape index (κ3) is 3.90. The molecule has 122 valence electrons. The van der Waals surface area contributed by atoms with E-state index in [1.54, 1.807) is 6.20 Å². The molecule has 0 fully saturated rings. The first-order valence-electron chi connectivity index (χ1n) is 8.07. The summed E-state index contributed by atoms with van der Waals surface area (Å²) < 4.78 is 0. The first kappa shape index (κ1) is 16.0. The van der Waals surface area contributed by atoms with E-state index in [9.17, 15) is 0 Å². The number of nitrogens with one attached hydrogen (secondary N) is 2. The van der Waals surface area contributed by atoms with E-state index < -0.39 is 0 Å². The molecule has 3 rings (SSSR count). The highest BCUT2D eigenvalue weighted by Crippen LogP contribution is 2.22. The van der Waals surface area contributed by atoms with Gasteiger partial charge >= 0.3 is 0 Å². The predicted octanol–water partition coefficient (Wildman–Crippen LogP) is 4.76. The van der Waals surface area contributed by atoms with Gasteiger partial charge in [-0.1, -0.05) is 48.0 Å². The van der Waals surface area contributed by atoms with Crippen LogP contribution >= 0.6 is 0 Å². The van der Waals surface area contributed by atoms with Gasteiger partial charge in [0.05, 0.1) is 0 Å². The Kier molecular flexibility index (Phi) is 4.75. The molecule has 0 radical (unpaired) electrons. The smallest absolute Gasteiger partial charge is 0.229 e. The van der Waals surface area contributed by atoms with Crippen molar-refractivity contribution in [1.29, 1.82) is 0 Å². The zero-order chi connectivity index (χ0) is 16.9. The molecule has 4 heteroatoms. The maximum absolute atomic E-state index is 4.55. The molecule has 1 aromatic heterocycles. The van der Waals surface area contributed by atoms with E-state index in [-0.39, 0.29) is 0 Å². The molecule has 4 nitrogen and oxygen atoms in total. The van der Waals surface area contributed by atoms with Gasteiger partial charge in [-0.2, -0.15) is 4.98 Å². The molecule has 3 aromatic rings. The summed E-state index contributed by atoms with van der Waals surface area (Å²) >= 11 is 0. The third-order valence-corrected chi connectivity index (χ3v) is 3.97. The Hall–Kier alpha value is -2.88. The monoisotopic (exact) mass is 318 g/mol.